The number of ether oxygens (including phenoxy) is 1. The molecule has 0 bridgehead atoms. The van der Waals surface area contributed by atoms with Crippen molar-refractivity contribution in [3.63, 3.8) is 0 Å². The van der Waals surface area contributed by atoms with Crippen LogP contribution >= 0.6 is 22.6 Å². The topological polar surface area (TPSA) is 21.6 Å². The highest BCUT2D eigenvalue weighted by atomic mass is 127. The Labute approximate surface area is 101 Å². The van der Waals surface area contributed by atoms with Gasteiger partial charge in [0.15, 0.2) is 5.90 Å². The van der Waals surface area contributed by atoms with Crippen LogP contribution in [0.3, 0.4) is 0 Å². The van der Waals surface area contributed by atoms with Crippen LogP contribution in [0.5, 0.6) is 0 Å². The molecule has 0 aromatic heterocycles. The molecule has 3 heteroatoms. The lowest BCUT2D eigenvalue weighted by Gasteiger charge is -2.07. The molecule has 0 amide bonds. The predicted octanol–water partition coefficient (Wildman–Crippen LogP) is 3.58. The molecule has 0 aliphatic carbocycles. The molecule has 0 spiro atoms. The molecule has 82 valence electrons. The number of alkyl halides is 1. The summed E-state index contributed by atoms with van der Waals surface area (Å²) in [5.74, 6) is 0.969. The fourth-order valence-corrected chi connectivity index (χ4v) is 1.93. The third-order valence-electron chi connectivity index (χ3n) is 2.26. The van der Waals surface area contributed by atoms with E-state index in [0.29, 0.717) is 0 Å². The van der Waals surface area contributed by atoms with Crippen LogP contribution in [0.25, 0.3) is 0 Å². The lowest BCUT2D eigenvalue weighted by Crippen LogP contribution is -2.17. The van der Waals surface area contributed by atoms with Crippen molar-refractivity contribution >= 4 is 28.5 Å². The second-order valence-electron chi connectivity index (χ2n) is 4.63. The molecular formula is C11H20INO. The molecule has 1 heterocycles. The molecule has 1 rings (SSSR count). The quantitative estimate of drug-likeness (QED) is 0.432. The van der Waals surface area contributed by atoms with Gasteiger partial charge in [0.2, 0.25) is 0 Å². The summed E-state index contributed by atoms with van der Waals surface area (Å²) in [6, 6.07) is 0. The lowest BCUT2D eigenvalue weighted by molar-refractivity contribution is 0.273. The van der Waals surface area contributed by atoms with Gasteiger partial charge in [-0.15, -0.1) is 0 Å². The smallest absolute Gasteiger partial charge is 0.183 e. The Morgan fingerprint density at radius 2 is 2.21 bits per heavy atom. The Morgan fingerprint density at radius 1 is 1.50 bits per heavy atom. The maximum atomic E-state index is 5.52. The summed E-state index contributed by atoms with van der Waals surface area (Å²) >= 11 is 2.47. The number of hydrogen-bond acceptors (Lipinski definition) is 2. The molecule has 0 saturated carbocycles. The summed E-state index contributed by atoms with van der Waals surface area (Å²) in [6.07, 6.45) is 4.82. The summed E-state index contributed by atoms with van der Waals surface area (Å²) in [4.78, 5) is 4.53. The van der Waals surface area contributed by atoms with Crippen molar-refractivity contribution in [3.05, 3.63) is 0 Å². The van der Waals surface area contributed by atoms with E-state index in [-0.39, 0.29) is 5.54 Å². The highest BCUT2D eigenvalue weighted by molar-refractivity contribution is 14.1. The number of aliphatic imine (C=N–C) groups is 1. The van der Waals surface area contributed by atoms with E-state index in [4.69, 9.17) is 4.74 Å². The Bertz CT molecular complexity index is 211. The van der Waals surface area contributed by atoms with Gasteiger partial charge in [-0.05, 0) is 26.7 Å². The van der Waals surface area contributed by atoms with Crippen molar-refractivity contribution in [2.45, 2.75) is 55.9 Å². The second kappa shape index (κ2) is 5.33. The van der Waals surface area contributed by atoms with Gasteiger partial charge in [-0.3, -0.25) is 0 Å². The molecule has 0 saturated heterocycles. The van der Waals surface area contributed by atoms with Gasteiger partial charge in [-0.2, -0.15) is 0 Å². The van der Waals surface area contributed by atoms with Crippen LogP contribution in [0.15, 0.2) is 4.99 Å². The van der Waals surface area contributed by atoms with Crippen LogP contribution < -0.4 is 0 Å². The van der Waals surface area contributed by atoms with Gasteiger partial charge >= 0.3 is 0 Å². The number of unbranched alkanes of at least 4 members (excludes halogenated alkanes) is 1. The Morgan fingerprint density at radius 3 is 2.71 bits per heavy atom. The predicted molar refractivity (Wildman–Crippen MR) is 69.4 cm³/mol. The molecule has 0 aromatic rings. The molecule has 0 aromatic carbocycles. The zero-order valence-corrected chi connectivity index (χ0v) is 11.5. The van der Waals surface area contributed by atoms with Gasteiger partial charge in [-0.25, -0.2) is 4.99 Å². The van der Waals surface area contributed by atoms with E-state index in [9.17, 15) is 0 Å². The molecular weight excluding hydrogens is 289 g/mol. The van der Waals surface area contributed by atoms with Crippen molar-refractivity contribution in [2.75, 3.05) is 6.61 Å². The lowest BCUT2D eigenvalue weighted by atomic mass is 10.1. The van der Waals surface area contributed by atoms with E-state index in [0.717, 1.165) is 22.9 Å². The average Bonchev–Trinajstić information content (AvgIpc) is 2.39. The van der Waals surface area contributed by atoms with Gasteiger partial charge in [0.05, 0.1) is 5.54 Å². The third-order valence-corrected chi connectivity index (χ3v) is 2.88. The molecule has 1 atom stereocenters. The molecule has 1 unspecified atom stereocenters. The molecule has 1 aliphatic heterocycles. The summed E-state index contributed by atoms with van der Waals surface area (Å²) < 4.78 is 6.31. The standard InChI is InChI=1S/C11H20INO/c1-9(12)6-4-5-7-10-13-11(2,3)8-14-10/h9H,4-8H2,1-3H3. The molecule has 14 heavy (non-hydrogen) atoms. The summed E-state index contributed by atoms with van der Waals surface area (Å²) in [6.45, 7) is 7.25. The minimum Gasteiger partial charge on any atom is -0.478 e. The van der Waals surface area contributed by atoms with Crippen molar-refractivity contribution in [3.8, 4) is 0 Å². The first-order chi connectivity index (χ1) is 6.49. The van der Waals surface area contributed by atoms with Crippen LogP contribution in [0.4, 0.5) is 0 Å². The summed E-state index contributed by atoms with van der Waals surface area (Å²) in [7, 11) is 0. The minimum atomic E-state index is 0.0197. The normalized spacial score (nSPS) is 21.6. The summed E-state index contributed by atoms with van der Waals surface area (Å²) in [5.41, 5.74) is 0.0197. The Kier molecular flexibility index (Phi) is 4.67. The van der Waals surface area contributed by atoms with Crippen LogP contribution in [-0.4, -0.2) is 22.0 Å². The Balaban J connectivity index is 2.14. The fourth-order valence-electron chi connectivity index (χ4n) is 1.49. The first kappa shape index (κ1) is 12.3. The van der Waals surface area contributed by atoms with E-state index >= 15 is 0 Å². The van der Waals surface area contributed by atoms with Crippen molar-refractivity contribution in [2.24, 2.45) is 4.99 Å². The molecule has 0 radical (unpaired) electrons. The van der Waals surface area contributed by atoms with Gasteiger partial charge in [0.1, 0.15) is 6.61 Å². The minimum absolute atomic E-state index is 0.0197. The molecule has 0 fully saturated rings. The van der Waals surface area contributed by atoms with Crippen LogP contribution in [-0.2, 0) is 4.74 Å². The molecule has 1 aliphatic rings. The zero-order chi connectivity index (χ0) is 10.6. The highest BCUT2D eigenvalue weighted by Crippen LogP contribution is 2.20. The van der Waals surface area contributed by atoms with Crippen molar-refractivity contribution in [1.82, 2.24) is 0 Å². The van der Waals surface area contributed by atoms with E-state index in [2.05, 4.69) is 48.4 Å². The number of rotatable bonds is 5. The first-order valence-electron chi connectivity index (χ1n) is 5.35. The van der Waals surface area contributed by atoms with Crippen LogP contribution in [0, 0.1) is 0 Å². The van der Waals surface area contributed by atoms with E-state index in [1.165, 1.54) is 19.3 Å². The van der Waals surface area contributed by atoms with Gasteiger partial charge in [0, 0.05) is 10.3 Å². The highest BCUT2D eigenvalue weighted by Gasteiger charge is 2.25. The van der Waals surface area contributed by atoms with Crippen molar-refractivity contribution in [1.29, 1.82) is 0 Å². The number of hydrogen-bond donors (Lipinski definition) is 0. The number of halogens is 1. The molecule has 2 nitrogen and oxygen atoms in total. The fraction of sp³-hybridized carbons (Fsp3) is 0.909. The first-order valence-corrected chi connectivity index (χ1v) is 6.60. The second-order valence-corrected chi connectivity index (χ2v) is 6.76. The maximum Gasteiger partial charge on any atom is 0.183 e. The van der Waals surface area contributed by atoms with E-state index < -0.39 is 0 Å². The van der Waals surface area contributed by atoms with Crippen LogP contribution in [0.1, 0.15) is 46.5 Å². The molecule has 0 N–H and O–H groups in total. The SMILES string of the molecule is CC(I)CCCCC1=NC(C)(C)CO1. The Hall–Kier alpha value is 0.200. The van der Waals surface area contributed by atoms with Crippen molar-refractivity contribution < 1.29 is 4.74 Å². The largest absolute Gasteiger partial charge is 0.478 e. The van der Waals surface area contributed by atoms with Crippen LogP contribution in [0.2, 0.25) is 0 Å². The van der Waals surface area contributed by atoms with Gasteiger partial charge in [0.25, 0.3) is 0 Å². The average molecular weight is 309 g/mol. The van der Waals surface area contributed by atoms with Gasteiger partial charge in [-0.1, -0.05) is 35.9 Å². The number of nitrogens with zero attached hydrogens (tertiary/aromatic N) is 1. The van der Waals surface area contributed by atoms with E-state index in [1.54, 1.807) is 0 Å². The zero-order valence-electron chi connectivity index (χ0n) is 9.35. The monoisotopic (exact) mass is 309 g/mol. The van der Waals surface area contributed by atoms with E-state index in [1.807, 2.05) is 0 Å². The van der Waals surface area contributed by atoms with Gasteiger partial charge < -0.3 is 4.74 Å². The third kappa shape index (κ3) is 4.62. The maximum absolute atomic E-state index is 5.52. The summed E-state index contributed by atoms with van der Waals surface area (Å²) in [5, 5.41) is 0.